The average Bonchev–Trinajstić information content (AvgIpc) is 3.10. The fraction of sp³-hybridized carbons (Fsp3) is 0.0500. The first-order valence-corrected chi connectivity index (χ1v) is 10.5. The van der Waals surface area contributed by atoms with E-state index in [0.29, 0.717) is 17.1 Å². The average molecular weight is 422 g/mol. The van der Waals surface area contributed by atoms with Crippen molar-refractivity contribution in [3.8, 4) is 17.1 Å². The largest absolute Gasteiger partial charge is 0.383 e. The van der Waals surface area contributed by atoms with Crippen LogP contribution in [0.15, 0.2) is 82.5 Å². The summed E-state index contributed by atoms with van der Waals surface area (Å²) in [4.78, 5) is 11.5. The molecule has 4 aromatic rings. The lowest BCUT2D eigenvalue weighted by molar-refractivity contribution is 0.581. The minimum absolute atomic E-state index is 0.0728. The van der Waals surface area contributed by atoms with Crippen LogP contribution < -0.4 is 16.0 Å². The molecule has 0 aliphatic rings. The van der Waals surface area contributed by atoms with E-state index in [1.807, 2.05) is 30.3 Å². The number of nitrogens with zero attached hydrogens (tertiary/aromatic N) is 3. The van der Waals surface area contributed by atoms with E-state index < -0.39 is 10.0 Å². The molecular weight excluding hydrogens is 404 g/mol. The van der Waals surface area contributed by atoms with Gasteiger partial charge in [0.2, 0.25) is 10.0 Å². The number of rotatable bonds is 6. The molecule has 2 aromatic heterocycles. The number of benzene rings is 2. The van der Waals surface area contributed by atoms with Crippen molar-refractivity contribution in [1.29, 1.82) is 0 Å². The number of sulfonamides is 1. The molecule has 0 radical (unpaired) electrons. The Morgan fingerprint density at radius 2 is 1.63 bits per heavy atom. The predicted octanol–water partition coefficient (Wildman–Crippen LogP) is 1.68. The fourth-order valence-corrected chi connectivity index (χ4v) is 3.96. The van der Waals surface area contributed by atoms with E-state index in [1.165, 1.54) is 28.9 Å². The number of aromatic amines is 1. The van der Waals surface area contributed by atoms with Crippen molar-refractivity contribution in [2.45, 2.75) is 11.4 Å². The Labute approximate surface area is 172 Å². The van der Waals surface area contributed by atoms with Crippen LogP contribution in [0.25, 0.3) is 17.1 Å². The van der Waals surface area contributed by atoms with Crippen molar-refractivity contribution in [2.24, 2.45) is 0 Å². The molecule has 30 heavy (non-hydrogen) atoms. The highest BCUT2D eigenvalue weighted by Crippen LogP contribution is 2.29. The van der Waals surface area contributed by atoms with Crippen molar-refractivity contribution in [3.63, 3.8) is 0 Å². The van der Waals surface area contributed by atoms with Gasteiger partial charge in [0, 0.05) is 23.7 Å². The lowest BCUT2D eigenvalue weighted by Crippen LogP contribution is -2.23. The second-order valence-electron chi connectivity index (χ2n) is 6.41. The van der Waals surface area contributed by atoms with Crippen LogP contribution in [0.1, 0.15) is 5.56 Å². The Morgan fingerprint density at radius 3 is 2.27 bits per heavy atom. The van der Waals surface area contributed by atoms with Crippen LogP contribution in [0.4, 0.5) is 5.82 Å². The SMILES string of the molecule is Nc1c(CNS(=O)(=O)c2ccccc2)c(-c2ccccc2)nn1-c1ccc(=O)[nH]n1. The van der Waals surface area contributed by atoms with Gasteiger partial charge in [0.15, 0.2) is 5.82 Å². The lowest BCUT2D eigenvalue weighted by atomic mass is 10.1. The number of anilines is 1. The summed E-state index contributed by atoms with van der Waals surface area (Å²) in [6.07, 6.45) is 0. The Hall–Kier alpha value is -3.76. The number of aromatic nitrogens is 4. The van der Waals surface area contributed by atoms with Gasteiger partial charge >= 0.3 is 0 Å². The minimum atomic E-state index is -3.74. The molecular formula is C20H18N6O3S. The molecule has 152 valence electrons. The second-order valence-corrected chi connectivity index (χ2v) is 8.17. The van der Waals surface area contributed by atoms with Gasteiger partial charge in [0.25, 0.3) is 5.56 Å². The maximum atomic E-state index is 12.6. The standard InChI is InChI=1S/C20H18N6O3S/c21-20-16(13-22-30(28,29)15-9-5-2-6-10-15)19(14-7-3-1-4-8-14)25-26(20)17-11-12-18(27)24-23-17/h1-12,22H,13,21H2,(H,24,27). The third-order valence-electron chi connectivity index (χ3n) is 4.44. The first-order valence-electron chi connectivity index (χ1n) is 8.99. The molecule has 2 aromatic carbocycles. The highest BCUT2D eigenvalue weighted by atomic mass is 32.2. The van der Waals surface area contributed by atoms with Crippen LogP contribution in [-0.2, 0) is 16.6 Å². The van der Waals surface area contributed by atoms with Crippen molar-refractivity contribution in [1.82, 2.24) is 24.7 Å². The number of nitrogen functional groups attached to an aromatic ring is 1. The van der Waals surface area contributed by atoms with Gasteiger partial charge in [-0.2, -0.15) is 14.9 Å². The third kappa shape index (κ3) is 3.86. The molecule has 0 bridgehead atoms. The Bertz CT molecular complexity index is 1310. The molecule has 0 aliphatic carbocycles. The van der Waals surface area contributed by atoms with Crippen LogP contribution >= 0.6 is 0 Å². The smallest absolute Gasteiger partial charge is 0.264 e. The molecule has 4 N–H and O–H groups in total. The second kappa shape index (κ2) is 7.93. The first-order chi connectivity index (χ1) is 14.5. The molecule has 0 saturated heterocycles. The fourth-order valence-electron chi connectivity index (χ4n) is 2.95. The normalized spacial score (nSPS) is 11.5. The van der Waals surface area contributed by atoms with Gasteiger partial charge < -0.3 is 5.73 Å². The maximum Gasteiger partial charge on any atom is 0.264 e. The maximum absolute atomic E-state index is 12.6. The van der Waals surface area contributed by atoms with E-state index in [1.54, 1.807) is 18.2 Å². The van der Waals surface area contributed by atoms with Gasteiger partial charge in [-0.3, -0.25) is 4.79 Å². The number of hydrogen-bond acceptors (Lipinski definition) is 6. The number of H-pyrrole nitrogens is 1. The Kier molecular flexibility index (Phi) is 5.17. The molecule has 0 fully saturated rings. The summed E-state index contributed by atoms with van der Waals surface area (Å²) in [5.41, 5.74) is 7.73. The summed E-state index contributed by atoms with van der Waals surface area (Å²) in [6, 6.07) is 20.1. The molecule has 0 saturated carbocycles. The molecule has 2 heterocycles. The van der Waals surface area contributed by atoms with Crippen molar-refractivity contribution in [2.75, 3.05) is 5.73 Å². The van der Waals surface area contributed by atoms with E-state index in [-0.39, 0.29) is 22.8 Å². The monoisotopic (exact) mass is 422 g/mol. The van der Waals surface area contributed by atoms with Crippen molar-refractivity contribution >= 4 is 15.8 Å². The molecule has 10 heteroatoms. The third-order valence-corrected chi connectivity index (χ3v) is 5.86. The van der Waals surface area contributed by atoms with Crippen molar-refractivity contribution in [3.05, 3.63) is 88.7 Å². The van der Waals surface area contributed by atoms with Gasteiger partial charge in [-0.25, -0.2) is 18.2 Å². The number of nitrogens with two attached hydrogens (primary N) is 1. The Balaban J connectivity index is 1.76. The number of nitrogens with one attached hydrogen (secondary N) is 2. The van der Waals surface area contributed by atoms with Gasteiger partial charge in [-0.15, -0.1) is 0 Å². The van der Waals surface area contributed by atoms with E-state index in [2.05, 4.69) is 20.0 Å². The zero-order valence-electron chi connectivity index (χ0n) is 15.7. The zero-order chi connectivity index (χ0) is 21.1. The van der Waals surface area contributed by atoms with Crippen LogP contribution in [-0.4, -0.2) is 28.4 Å². The summed E-state index contributed by atoms with van der Waals surface area (Å²) in [5, 5.41) is 10.8. The molecule has 9 nitrogen and oxygen atoms in total. The molecule has 0 spiro atoms. The van der Waals surface area contributed by atoms with Crippen LogP contribution in [0.2, 0.25) is 0 Å². The van der Waals surface area contributed by atoms with Gasteiger partial charge in [0.05, 0.1) is 10.6 Å². The summed E-state index contributed by atoms with van der Waals surface area (Å²) in [5.74, 6) is 0.519. The quantitative estimate of drug-likeness (QED) is 0.433. The Morgan fingerprint density at radius 1 is 0.967 bits per heavy atom. The zero-order valence-corrected chi connectivity index (χ0v) is 16.5. The van der Waals surface area contributed by atoms with E-state index in [4.69, 9.17) is 5.73 Å². The van der Waals surface area contributed by atoms with E-state index in [0.717, 1.165) is 5.56 Å². The highest BCUT2D eigenvalue weighted by molar-refractivity contribution is 7.89. The minimum Gasteiger partial charge on any atom is -0.383 e. The van der Waals surface area contributed by atoms with Gasteiger partial charge in [-0.1, -0.05) is 48.5 Å². The summed E-state index contributed by atoms with van der Waals surface area (Å²) in [6.45, 7) is -0.0728. The van der Waals surface area contributed by atoms with Gasteiger partial charge in [0.1, 0.15) is 5.82 Å². The summed E-state index contributed by atoms with van der Waals surface area (Å²) >= 11 is 0. The summed E-state index contributed by atoms with van der Waals surface area (Å²) in [7, 11) is -3.74. The van der Waals surface area contributed by atoms with Crippen LogP contribution in [0, 0.1) is 0 Å². The predicted molar refractivity (Wildman–Crippen MR) is 112 cm³/mol. The molecule has 0 unspecified atom stereocenters. The van der Waals surface area contributed by atoms with Crippen LogP contribution in [0.3, 0.4) is 0 Å². The van der Waals surface area contributed by atoms with E-state index in [9.17, 15) is 13.2 Å². The van der Waals surface area contributed by atoms with Crippen molar-refractivity contribution < 1.29 is 8.42 Å². The summed E-state index contributed by atoms with van der Waals surface area (Å²) < 4.78 is 29.2. The first kappa shape index (κ1) is 19.6. The highest BCUT2D eigenvalue weighted by Gasteiger charge is 2.21. The molecule has 4 rings (SSSR count). The van der Waals surface area contributed by atoms with Crippen LogP contribution in [0.5, 0.6) is 0 Å². The molecule has 0 amide bonds. The molecule has 0 aliphatic heterocycles. The van der Waals surface area contributed by atoms with E-state index >= 15 is 0 Å². The topological polar surface area (TPSA) is 136 Å². The molecule has 0 atom stereocenters. The van der Waals surface area contributed by atoms with Gasteiger partial charge in [-0.05, 0) is 18.2 Å². The lowest BCUT2D eigenvalue weighted by Gasteiger charge is -2.08. The number of hydrogen-bond donors (Lipinski definition) is 3.